The van der Waals surface area contributed by atoms with Crippen LogP contribution in [0.15, 0.2) is 0 Å². The van der Waals surface area contributed by atoms with E-state index in [0.29, 0.717) is 19.6 Å². The van der Waals surface area contributed by atoms with Gasteiger partial charge in [-0.2, -0.15) is 0 Å². The highest BCUT2D eigenvalue weighted by molar-refractivity contribution is 4.76. The first kappa shape index (κ1) is 65.9. The van der Waals surface area contributed by atoms with Gasteiger partial charge in [-0.25, -0.2) is 0 Å². The van der Waals surface area contributed by atoms with E-state index in [1.54, 1.807) is 0 Å². The minimum atomic E-state index is 0.143. The van der Waals surface area contributed by atoms with Gasteiger partial charge in [-0.05, 0) is 165 Å². The van der Waals surface area contributed by atoms with Crippen molar-refractivity contribution in [3.63, 3.8) is 0 Å². The van der Waals surface area contributed by atoms with Crippen molar-refractivity contribution < 1.29 is 14.9 Å². The molecule has 0 spiro atoms. The molecule has 3 saturated heterocycles. The minimum absolute atomic E-state index is 0.143. The first-order chi connectivity index (χ1) is 28.9. The van der Waals surface area contributed by atoms with Crippen LogP contribution >= 0.6 is 0 Å². The van der Waals surface area contributed by atoms with E-state index in [9.17, 15) is 0 Å². The van der Waals surface area contributed by atoms with Crippen LogP contribution in [0.3, 0.4) is 0 Å². The van der Waals surface area contributed by atoms with Crippen LogP contribution in [0.1, 0.15) is 71.6 Å². The second-order valence-electron chi connectivity index (χ2n) is 15.9. The molecule has 60 heavy (non-hydrogen) atoms. The van der Waals surface area contributed by atoms with Gasteiger partial charge in [0, 0.05) is 71.5 Å². The minimum Gasteiger partial charge on any atom is -0.395 e. The van der Waals surface area contributed by atoms with E-state index >= 15 is 0 Å². The molecule has 0 aromatic heterocycles. The van der Waals surface area contributed by atoms with Gasteiger partial charge >= 0.3 is 0 Å². The van der Waals surface area contributed by atoms with Crippen LogP contribution < -0.4 is 40.1 Å². The summed E-state index contributed by atoms with van der Waals surface area (Å²) < 4.78 is 5.16. The van der Waals surface area contributed by atoms with Crippen LogP contribution in [0.4, 0.5) is 0 Å². The van der Waals surface area contributed by atoms with Gasteiger partial charge in [-0.1, -0.05) is 20.3 Å². The van der Waals surface area contributed by atoms with Crippen LogP contribution in [0.5, 0.6) is 0 Å². The summed E-state index contributed by atoms with van der Waals surface area (Å²) in [7, 11) is 10.3. The van der Waals surface area contributed by atoms with Crippen LogP contribution in [-0.4, -0.2) is 256 Å². The average molecular weight is 869 g/mol. The lowest BCUT2D eigenvalue weighted by Gasteiger charge is -2.25. The highest BCUT2D eigenvalue weighted by Crippen LogP contribution is 2.16. The Kier molecular flexibility index (Phi) is 59.8. The Hall–Kier alpha value is -0.680. The summed E-state index contributed by atoms with van der Waals surface area (Å²) in [5.74, 6) is 0. The van der Waals surface area contributed by atoms with Crippen molar-refractivity contribution >= 4 is 0 Å². The fraction of sp³-hybridized carbons (Fsp3) is 1.00. The number of rotatable bonds is 23. The molecule has 3 fully saturated rings. The molecule has 17 nitrogen and oxygen atoms in total. The fourth-order valence-electron chi connectivity index (χ4n) is 6.36. The molecule has 368 valence electrons. The Balaban J connectivity index is -0.000000307. The van der Waals surface area contributed by atoms with E-state index in [0.717, 1.165) is 143 Å². The Labute approximate surface area is 371 Å². The zero-order chi connectivity index (χ0) is 46.1. The molecule has 1 unspecified atom stereocenters. The maximum Gasteiger partial charge on any atom is 0.0594 e. The quantitative estimate of drug-likeness (QED) is 0.0587. The molecule has 0 aromatic carbocycles. The van der Waals surface area contributed by atoms with Gasteiger partial charge in [0.25, 0.3) is 0 Å². The van der Waals surface area contributed by atoms with E-state index < -0.39 is 0 Å². The van der Waals surface area contributed by atoms with Crippen molar-refractivity contribution in [2.45, 2.75) is 77.7 Å². The lowest BCUT2D eigenvalue weighted by Crippen LogP contribution is -2.39. The van der Waals surface area contributed by atoms with Crippen molar-refractivity contribution in [1.29, 1.82) is 0 Å². The summed E-state index contributed by atoms with van der Waals surface area (Å²) in [6, 6.07) is 0.787. The van der Waals surface area contributed by atoms with Crippen LogP contribution in [-0.2, 0) is 4.74 Å². The highest BCUT2D eigenvalue weighted by Gasteiger charge is 2.19. The van der Waals surface area contributed by atoms with Crippen molar-refractivity contribution in [2.24, 2.45) is 40.1 Å². The second-order valence-corrected chi connectivity index (χ2v) is 15.9. The predicted molar refractivity (Wildman–Crippen MR) is 261 cm³/mol. The first-order valence-electron chi connectivity index (χ1n) is 23.5. The molecule has 3 heterocycles. The number of ether oxygens (including phenoxy) is 1. The maximum absolute atomic E-state index is 8.61. The number of hydrogen-bond acceptors (Lipinski definition) is 17. The third-order valence-electron chi connectivity index (χ3n) is 10.1. The zero-order valence-electron chi connectivity index (χ0n) is 40.8. The second kappa shape index (κ2) is 54.5. The van der Waals surface area contributed by atoms with Gasteiger partial charge in [0.15, 0.2) is 0 Å². The average Bonchev–Trinajstić information content (AvgIpc) is 3.66. The van der Waals surface area contributed by atoms with Crippen molar-refractivity contribution in [3.05, 3.63) is 0 Å². The summed E-state index contributed by atoms with van der Waals surface area (Å²) in [5, 5.41) is 17.2. The Morgan fingerprint density at radius 1 is 0.517 bits per heavy atom. The number of morpholine rings is 1. The van der Waals surface area contributed by atoms with Gasteiger partial charge in [0.05, 0.1) is 26.4 Å². The Morgan fingerprint density at radius 3 is 1.32 bits per heavy atom. The molecule has 0 aliphatic carbocycles. The van der Waals surface area contributed by atoms with Crippen LogP contribution in [0, 0.1) is 0 Å². The summed E-state index contributed by atoms with van der Waals surface area (Å²) in [6.45, 7) is 27.6. The van der Waals surface area contributed by atoms with E-state index in [1.807, 2.05) is 19.0 Å². The van der Waals surface area contributed by atoms with Crippen molar-refractivity contribution in [3.8, 4) is 0 Å². The number of aliphatic hydroxyl groups excluding tert-OH is 2. The molecule has 1 atom stereocenters. The third kappa shape index (κ3) is 51.7. The molecule has 3 rings (SSSR count). The Bertz CT molecular complexity index is 720. The molecule has 0 bridgehead atoms. The summed E-state index contributed by atoms with van der Waals surface area (Å²) >= 11 is 0. The monoisotopic (exact) mass is 869 g/mol. The highest BCUT2D eigenvalue weighted by atomic mass is 16.5. The normalized spacial score (nSPS) is 16.9. The molecule has 0 aromatic rings. The number of aliphatic hydroxyl groups is 2. The summed E-state index contributed by atoms with van der Waals surface area (Å²) in [6.07, 6.45) is 11.2. The molecule has 0 saturated carbocycles. The molecule has 17 heteroatoms. The van der Waals surface area contributed by atoms with Gasteiger partial charge < -0.3 is 79.6 Å². The molecule has 16 N–H and O–H groups in total. The van der Waals surface area contributed by atoms with Gasteiger partial charge in [-0.15, -0.1) is 0 Å². The number of likely N-dealkylation sites (tertiary alicyclic amines) is 2. The van der Waals surface area contributed by atoms with E-state index in [4.69, 9.17) is 55.1 Å². The first-order valence-corrected chi connectivity index (χ1v) is 23.5. The summed E-state index contributed by atoms with van der Waals surface area (Å²) in [4.78, 5) is 15.7. The van der Waals surface area contributed by atoms with E-state index in [1.165, 1.54) is 58.2 Å². The lowest BCUT2D eigenvalue weighted by molar-refractivity contribution is 0.0394. The largest absolute Gasteiger partial charge is 0.395 e. The Morgan fingerprint density at radius 2 is 0.983 bits per heavy atom. The SMILES string of the molecule is CCN(CC)CCCN.CN(C)CCCN.CN(C)CCN.CN1CCCC1CCN.NCCCN(CCO)CCO.NCCN1CCCCC1.NCCN1CCOCC1. The van der Waals surface area contributed by atoms with Crippen molar-refractivity contribution in [1.82, 2.24) is 34.3 Å². The third-order valence-corrected chi connectivity index (χ3v) is 10.1. The molecule has 0 amide bonds. The van der Waals surface area contributed by atoms with Crippen LogP contribution in [0.25, 0.3) is 0 Å². The van der Waals surface area contributed by atoms with Gasteiger partial charge in [0.2, 0.25) is 0 Å². The fourth-order valence-corrected chi connectivity index (χ4v) is 6.36. The van der Waals surface area contributed by atoms with Crippen LogP contribution in [0.2, 0.25) is 0 Å². The number of piperidine rings is 1. The summed E-state index contributed by atoms with van der Waals surface area (Å²) in [5.41, 5.74) is 37.4. The van der Waals surface area contributed by atoms with E-state index in [2.05, 4.69) is 64.4 Å². The van der Waals surface area contributed by atoms with Crippen molar-refractivity contribution in [2.75, 3.05) is 206 Å². The number of nitrogens with zero attached hydrogens (tertiary/aromatic N) is 7. The van der Waals surface area contributed by atoms with Gasteiger partial charge in [0.1, 0.15) is 0 Å². The standard InChI is InChI=1S/C7H18N2O2.2C7H16N2.C7H18N2.C6H14N2O.C5H14N2.C4H12N2/c8-2-1-3-9(4-6-10)5-7-11;1-9-6-2-3-7(9)4-5-8;8-4-7-9-5-2-1-3-6-9;1-3-9(4-2)7-5-6-8;7-1-2-8-3-5-9-6-4-8;1-7(2)5-3-4-6;1-6(2)4-3-5/h10-11H,1-8H2;7H,2-6,8H2,1H3;1-8H2;3-8H2,1-2H3;1-7H2;3-6H2,1-2H3;3-5H2,1-2H3. The number of likely N-dealkylation sites (N-methyl/N-ethyl adjacent to an activating group) is 1. The topological polar surface area (TPSA) is 255 Å². The molecule has 3 aliphatic heterocycles. The molecule has 3 aliphatic rings. The lowest BCUT2D eigenvalue weighted by atomic mass is 10.1. The smallest absolute Gasteiger partial charge is 0.0594 e. The predicted octanol–water partition coefficient (Wildman–Crippen LogP) is -1.16. The van der Waals surface area contributed by atoms with Gasteiger partial charge in [-0.3, -0.25) is 9.80 Å². The maximum atomic E-state index is 8.61. The number of hydrogen-bond donors (Lipinski definition) is 9. The molecular weight excluding hydrogens is 761 g/mol. The molecule has 0 radical (unpaired) electrons. The van der Waals surface area contributed by atoms with E-state index in [-0.39, 0.29) is 13.2 Å². The molecular formula is C43H108N14O3. The zero-order valence-corrected chi connectivity index (χ0v) is 40.8. The number of nitrogens with two attached hydrogens (primary N) is 7.